The molecular formula is C12H13IN4O. The quantitative estimate of drug-likeness (QED) is 0.501. The number of ether oxygens (including phenoxy) is 1. The van der Waals surface area contributed by atoms with Crippen molar-refractivity contribution >= 4 is 28.4 Å². The highest BCUT2D eigenvalue weighted by molar-refractivity contribution is 14.1. The molecule has 0 amide bonds. The molecule has 0 bridgehead atoms. The van der Waals surface area contributed by atoms with Gasteiger partial charge in [-0.05, 0) is 46.9 Å². The fourth-order valence-corrected chi connectivity index (χ4v) is 1.74. The van der Waals surface area contributed by atoms with Gasteiger partial charge in [0, 0.05) is 16.1 Å². The molecule has 18 heavy (non-hydrogen) atoms. The zero-order chi connectivity index (χ0) is 13.0. The van der Waals surface area contributed by atoms with Gasteiger partial charge in [0.15, 0.2) is 0 Å². The summed E-state index contributed by atoms with van der Waals surface area (Å²) in [6, 6.07) is 9.40. The SMILES string of the molecule is CCc1nc(NN)cc(Oc2ccc(I)cc2)n1. The van der Waals surface area contributed by atoms with Crippen molar-refractivity contribution in [3.05, 3.63) is 39.7 Å². The van der Waals surface area contributed by atoms with E-state index >= 15 is 0 Å². The fraction of sp³-hybridized carbons (Fsp3) is 0.167. The number of aromatic nitrogens is 2. The Labute approximate surface area is 119 Å². The van der Waals surface area contributed by atoms with Gasteiger partial charge in [-0.2, -0.15) is 4.98 Å². The van der Waals surface area contributed by atoms with Crippen molar-refractivity contribution < 1.29 is 4.74 Å². The van der Waals surface area contributed by atoms with Crippen LogP contribution < -0.4 is 16.0 Å². The van der Waals surface area contributed by atoms with Crippen LogP contribution >= 0.6 is 22.6 Å². The molecule has 0 unspecified atom stereocenters. The molecule has 5 nitrogen and oxygen atoms in total. The number of rotatable bonds is 4. The molecule has 0 saturated carbocycles. The van der Waals surface area contributed by atoms with Crippen LogP contribution in [0.1, 0.15) is 12.7 Å². The number of halogens is 1. The average Bonchev–Trinajstić information content (AvgIpc) is 2.41. The topological polar surface area (TPSA) is 73.1 Å². The second-order valence-electron chi connectivity index (χ2n) is 3.56. The lowest BCUT2D eigenvalue weighted by atomic mass is 10.3. The van der Waals surface area contributed by atoms with Gasteiger partial charge in [-0.1, -0.05) is 6.92 Å². The van der Waals surface area contributed by atoms with Gasteiger partial charge in [0.1, 0.15) is 17.4 Å². The first-order valence-corrected chi connectivity index (χ1v) is 6.57. The van der Waals surface area contributed by atoms with Crippen LogP contribution in [-0.4, -0.2) is 9.97 Å². The highest BCUT2D eigenvalue weighted by atomic mass is 127. The van der Waals surface area contributed by atoms with Crippen molar-refractivity contribution in [2.75, 3.05) is 5.43 Å². The Morgan fingerprint density at radius 1 is 1.28 bits per heavy atom. The maximum absolute atomic E-state index is 5.67. The number of aryl methyl sites for hydroxylation is 1. The molecule has 1 aromatic heterocycles. The van der Waals surface area contributed by atoms with E-state index in [9.17, 15) is 0 Å². The zero-order valence-electron chi connectivity index (χ0n) is 9.85. The molecule has 6 heteroatoms. The van der Waals surface area contributed by atoms with Crippen molar-refractivity contribution in [1.82, 2.24) is 9.97 Å². The standard InChI is InChI=1S/C12H13IN4O/c1-2-10-15-11(17-14)7-12(16-10)18-9-5-3-8(13)4-6-9/h3-7H,2,14H2,1H3,(H,15,16,17). The van der Waals surface area contributed by atoms with Gasteiger partial charge in [0.2, 0.25) is 5.88 Å². The molecule has 0 fully saturated rings. The van der Waals surface area contributed by atoms with Crippen molar-refractivity contribution in [1.29, 1.82) is 0 Å². The Bertz CT molecular complexity index is 508. The summed E-state index contributed by atoms with van der Waals surface area (Å²) in [5.41, 5.74) is 2.50. The first-order valence-electron chi connectivity index (χ1n) is 5.49. The summed E-state index contributed by atoms with van der Waals surface area (Å²) in [6.45, 7) is 1.98. The third kappa shape index (κ3) is 3.30. The maximum atomic E-state index is 5.67. The van der Waals surface area contributed by atoms with E-state index in [0.29, 0.717) is 17.5 Å². The van der Waals surface area contributed by atoms with E-state index in [1.807, 2.05) is 31.2 Å². The Balaban J connectivity index is 2.25. The van der Waals surface area contributed by atoms with Crippen molar-refractivity contribution in [2.45, 2.75) is 13.3 Å². The van der Waals surface area contributed by atoms with E-state index in [4.69, 9.17) is 10.6 Å². The zero-order valence-corrected chi connectivity index (χ0v) is 12.0. The lowest BCUT2D eigenvalue weighted by molar-refractivity contribution is 0.459. The average molecular weight is 356 g/mol. The van der Waals surface area contributed by atoms with E-state index in [1.54, 1.807) is 6.07 Å². The third-order valence-electron chi connectivity index (χ3n) is 2.25. The van der Waals surface area contributed by atoms with Crippen LogP contribution in [0.3, 0.4) is 0 Å². The molecule has 1 aromatic carbocycles. The number of nitrogens with two attached hydrogens (primary N) is 1. The minimum absolute atomic E-state index is 0.482. The summed E-state index contributed by atoms with van der Waals surface area (Å²) in [6.07, 6.45) is 0.721. The lowest BCUT2D eigenvalue weighted by Crippen LogP contribution is -2.10. The molecule has 0 aliphatic rings. The highest BCUT2D eigenvalue weighted by Crippen LogP contribution is 2.22. The number of hydrogen-bond acceptors (Lipinski definition) is 5. The molecule has 2 aromatic rings. The van der Waals surface area contributed by atoms with Crippen LogP contribution in [0.4, 0.5) is 5.82 Å². The lowest BCUT2D eigenvalue weighted by Gasteiger charge is -2.08. The predicted octanol–water partition coefficient (Wildman–Crippen LogP) is 2.72. The molecule has 2 rings (SSSR count). The fourth-order valence-electron chi connectivity index (χ4n) is 1.38. The first kappa shape index (κ1) is 13.0. The van der Waals surface area contributed by atoms with Gasteiger partial charge in [-0.15, -0.1) is 0 Å². The highest BCUT2D eigenvalue weighted by Gasteiger charge is 2.04. The van der Waals surface area contributed by atoms with Crippen LogP contribution in [-0.2, 0) is 6.42 Å². The molecule has 0 aliphatic carbocycles. The Morgan fingerprint density at radius 3 is 2.61 bits per heavy atom. The Kier molecular flexibility index (Phi) is 4.32. The smallest absolute Gasteiger partial charge is 0.224 e. The maximum Gasteiger partial charge on any atom is 0.224 e. The van der Waals surface area contributed by atoms with Crippen LogP contribution in [0.5, 0.6) is 11.6 Å². The van der Waals surface area contributed by atoms with E-state index in [0.717, 1.165) is 15.7 Å². The summed E-state index contributed by atoms with van der Waals surface area (Å²) in [7, 11) is 0. The number of nitrogen functional groups attached to an aromatic ring is 1. The molecular weight excluding hydrogens is 343 g/mol. The van der Waals surface area contributed by atoms with E-state index in [2.05, 4.69) is 38.0 Å². The monoisotopic (exact) mass is 356 g/mol. The van der Waals surface area contributed by atoms with Gasteiger partial charge in [-0.3, -0.25) is 0 Å². The second kappa shape index (κ2) is 5.96. The number of nitrogens with one attached hydrogen (secondary N) is 1. The number of hydrazine groups is 1. The van der Waals surface area contributed by atoms with Crippen molar-refractivity contribution in [2.24, 2.45) is 5.84 Å². The van der Waals surface area contributed by atoms with Gasteiger partial charge < -0.3 is 10.2 Å². The molecule has 0 aliphatic heterocycles. The largest absolute Gasteiger partial charge is 0.439 e. The van der Waals surface area contributed by atoms with Gasteiger partial charge >= 0.3 is 0 Å². The summed E-state index contributed by atoms with van der Waals surface area (Å²) >= 11 is 2.24. The van der Waals surface area contributed by atoms with Crippen LogP contribution in [0.2, 0.25) is 0 Å². The number of benzene rings is 1. The summed E-state index contributed by atoms with van der Waals surface area (Å²) in [4.78, 5) is 8.48. The van der Waals surface area contributed by atoms with Crippen molar-refractivity contribution in [3.8, 4) is 11.6 Å². The van der Waals surface area contributed by atoms with Crippen LogP contribution in [0.25, 0.3) is 0 Å². The first-order chi connectivity index (χ1) is 8.71. The van der Waals surface area contributed by atoms with Gasteiger partial charge in [-0.25, -0.2) is 10.8 Å². The van der Waals surface area contributed by atoms with Crippen LogP contribution in [0.15, 0.2) is 30.3 Å². The summed E-state index contributed by atoms with van der Waals surface area (Å²) in [5, 5.41) is 0. The molecule has 3 N–H and O–H groups in total. The van der Waals surface area contributed by atoms with E-state index in [1.165, 1.54) is 0 Å². The molecule has 0 atom stereocenters. The number of anilines is 1. The molecule has 0 radical (unpaired) electrons. The number of nitrogens with zero attached hydrogens (tertiary/aromatic N) is 2. The second-order valence-corrected chi connectivity index (χ2v) is 4.81. The number of hydrogen-bond donors (Lipinski definition) is 2. The van der Waals surface area contributed by atoms with E-state index < -0.39 is 0 Å². The van der Waals surface area contributed by atoms with Crippen LogP contribution in [0, 0.1) is 3.57 Å². The Hall–Kier alpha value is -1.41. The van der Waals surface area contributed by atoms with Gasteiger partial charge in [0.25, 0.3) is 0 Å². The normalized spacial score (nSPS) is 10.2. The van der Waals surface area contributed by atoms with E-state index in [-0.39, 0.29) is 0 Å². The Morgan fingerprint density at radius 2 is 2.00 bits per heavy atom. The molecule has 94 valence electrons. The minimum Gasteiger partial charge on any atom is -0.439 e. The molecule has 0 saturated heterocycles. The predicted molar refractivity (Wildman–Crippen MR) is 78.5 cm³/mol. The summed E-state index contributed by atoms with van der Waals surface area (Å²) < 4.78 is 6.82. The summed E-state index contributed by atoms with van der Waals surface area (Å²) in [5.74, 6) is 7.81. The molecule has 0 spiro atoms. The minimum atomic E-state index is 0.482. The van der Waals surface area contributed by atoms with Gasteiger partial charge in [0.05, 0.1) is 0 Å². The van der Waals surface area contributed by atoms with Crippen molar-refractivity contribution in [3.63, 3.8) is 0 Å². The molecule has 1 heterocycles. The third-order valence-corrected chi connectivity index (χ3v) is 2.97.